The summed E-state index contributed by atoms with van der Waals surface area (Å²) in [6, 6.07) is 7.44. The highest BCUT2D eigenvalue weighted by Crippen LogP contribution is 2.30. The number of alkyl halides is 6. The normalized spacial score (nSPS) is 14.6. The summed E-state index contributed by atoms with van der Waals surface area (Å²) in [5.41, 5.74) is -0.441. The highest BCUT2D eigenvalue weighted by molar-refractivity contribution is 7.18. The van der Waals surface area contributed by atoms with Crippen LogP contribution in [0.15, 0.2) is 48.5 Å². The number of ether oxygens (including phenoxy) is 3. The largest absolute Gasteiger partial charge is 0.416 e. The fourth-order valence-corrected chi connectivity index (χ4v) is 2.83. The van der Waals surface area contributed by atoms with Crippen molar-refractivity contribution in [3.63, 3.8) is 0 Å². The van der Waals surface area contributed by atoms with E-state index in [-0.39, 0.29) is 13.2 Å². The second kappa shape index (κ2) is 10.2. The van der Waals surface area contributed by atoms with Gasteiger partial charge >= 0.3 is 12.4 Å². The lowest BCUT2D eigenvalue weighted by molar-refractivity contribution is -0.179. The van der Waals surface area contributed by atoms with Crippen LogP contribution in [0.4, 0.5) is 26.3 Å². The highest BCUT2D eigenvalue weighted by Gasteiger charge is 2.30. The molecular formula is C18H18F6O3P2. The second-order valence-corrected chi connectivity index (χ2v) is 6.97. The molecule has 0 aromatic heterocycles. The van der Waals surface area contributed by atoms with Crippen LogP contribution in [-0.4, -0.2) is 12.1 Å². The Balaban J connectivity index is 1.74. The van der Waals surface area contributed by atoms with E-state index < -0.39 is 35.5 Å². The molecule has 4 atom stereocenters. The quantitative estimate of drug-likeness (QED) is 0.285. The Kier molecular flexibility index (Phi) is 8.44. The zero-order chi connectivity index (χ0) is 21.7. The molecule has 0 bridgehead atoms. The van der Waals surface area contributed by atoms with Crippen molar-refractivity contribution in [2.45, 2.75) is 37.6 Å². The maximum Gasteiger partial charge on any atom is 0.416 e. The third-order valence-electron chi connectivity index (χ3n) is 3.66. The summed E-state index contributed by atoms with van der Waals surface area (Å²) in [7, 11) is 4.52. The molecule has 0 saturated carbocycles. The molecule has 0 aliphatic heterocycles. The summed E-state index contributed by atoms with van der Waals surface area (Å²) in [6.07, 6.45) is -8.80. The molecule has 3 nitrogen and oxygen atoms in total. The number of hydrogen-bond donors (Lipinski definition) is 0. The van der Waals surface area contributed by atoms with Gasteiger partial charge in [0.1, 0.15) is 0 Å². The molecule has 29 heavy (non-hydrogen) atoms. The molecule has 0 spiro atoms. The monoisotopic (exact) mass is 458 g/mol. The first-order chi connectivity index (χ1) is 13.4. The van der Waals surface area contributed by atoms with Gasteiger partial charge in [0.25, 0.3) is 0 Å². The Hall–Kier alpha value is -1.24. The van der Waals surface area contributed by atoms with Gasteiger partial charge in [-0.3, -0.25) is 0 Å². The molecule has 0 amide bonds. The molecule has 0 aliphatic carbocycles. The minimum atomic E-state index is -4.40. The van der Waals surface area contributed by atoms with E-state index in [0.717, 1.165) is 24.3 Å². The predicted octanol–water partition coefficient (Wildman–Crippen LogP) is 5.79. The van der Waals surface area contributed by atoms with Crippen molar-refractivity contribution in [3.05, 3.63) is 70.8 Å². The molecule has 0 N–H and O–H groups in total. The van der Waals surface area contributed by atoms with Crippen molar-refractivity contribution in [1.29, 1.82) is 0 Å². The van der Waals surface area contributed by atoms with Crippen LogP contribution < -0.4 is 0 Å². The van der Waals surface area contributed by atoms with Crippen LogP contribution in [0.2, 0.25) is 0 Å². The van der Waals surface area contributed by atoms with E-state index in [2.05, 4.69) is 18.5 Å². The lowest BCUT2D eigenvalue weighted by Gasteiger charge is -2.20. The summed E-state index contributed by atoms with van der Waals surface area (Å²) >= 11 is 0. The molecule has 0 fully saturated rings. The van der Waals surface area contributed by atoms with Crippen molar-refractivity contribution in [2.24, 2.45) is 0 Å². The third kappa shape index (κ3) is 8.19. The molecule has 2 aromatic rings. The first-order valence-corrected chi connectivity index (χ1v) is 9.50. The number of benzene rings is 2. The van der Waals surface area contributed by atoms with Crippen molar-refractivity contribution < 1.29 is 40.6 Å². The number of rotatable bonds is 8. The molecule has 0 aliphatic rings. The average Bonchev–Trinajstić information content (AvgIpc) is 2.64. The van der Waals surface area contributed by atoms with Crippen molar-refractivity contribution in [1.82, 2.24) is 0 Å². The zero-order valence-corrected chi connectivity index (χ0v) is 17.1. The minimum Gasteiger partial charge on any atom is -0.345 e. The fourth-order valence-electron chi connectivity index (χ4n) is 2.15. The molecule has 11 heteroatoms. The molecule has 2 rings (SSSR count). The first kappa shape index (κ1) is 24.0. The van der Waals surface area contributed by atoms with Crippen molar-refractivity contribution in [2.75, 3.05) is 0 Å². The smallest absolute Gasteiger partial charge is 0.345 e. The minimum absolute atomic E-state index is 0.0165. The Morgan fingerprint density at radius 3 is 1.21 bits per heavy atom. The van der Waals surface area contributed by atoms with Gasteiger partial charge in [-0.1, -0.05) is 42.7 Å². The third-order valence-corrected chi connectivity index (χ3v) is 4.36. The zero-order valence-electron chi connectivity index (χ0n) is 14.8. The van der Waals surface area contributed by atoms with Gasteiger partial charge in [0.05, 0.1) is 24.3 Å². The molecule has 0 heterocycles. The molecule has 160 valence electrons. The van der Waals surface area contributed by atoms with E-state index in [1.54, 1.807) is 0 Å². The Morgan fingerprint density at radius 1 is 0.621 bits per heavy atom. The van der Waals surface area contributed by atoms with Crippen molar-refractivity contribution >= 4 is 18.5 Å². The van der Waals surface area contributed by atoms with Gasteiger partial charge in [0, 0.05) is 0 Å². The lowest BCUT2D eigenvalue weighted by Crippen LogP contribution is -2.18. The Bertz CT molecular complexity index is 698. The highest BCUT2D eigenvalue weighted by atomic mass is 31.0. The maximum atomic E-state index is 12.5. The van der Waals surface area contributed by atoms with Crippen LogP contribution in [0, 0.1) is 0 Å². The standard InChI is InChI=1S/C18H18F6O3P2/c19-17(20,21)13-5-1-11(2-6-13)9-25-15(28)27-16(29)26-10-12-3-7-14(8-4-12)18(22,23)24/h1-8,15-16H,9-10,28-29H2. The second-order valence-electron chi connectivity index (χ2n) is 5.88. The van der Waals surface area contributed by atoms with Crippen molar-refractivity contribution in [3.8, 4) is 0 Å². The van der Waals surface area contributed by atoms with E-state index in [1.165, 1.54) is 24.3 Å². The molecule has 4 unspecified atom stereocenters. The van der Waals surface area contributed by atoms with Gasteiger partial charge in [-0.15, -0.1) is 0 Å². The van der Waals surface area contributed by atoms with Crippen LogP contribution in [0.1, 0.15) is 22.3 Å². The van der Waals surface area contributed by atoms with E-state index in [4.69, 9.17) is 14.2 Å². The van der Waals surface area contributed by atoms with Gasteiger partial charge in [-0.05, 0) is 35.4 Å². The van der Waals surface area contributed by atoms with Crippen LogP contribution in [0.3, 0.4) is 0 Å². The van der Waals surface area contributed by atoms with Gasteiger partial charge in [-0.2, -0.15) is 26.3 Å². The van der Waals surface area contributed by atoms with E-state index in [0.29, 0.717) is 11.1 Å². The lowest BCUT2D eigenvalue weighted by atomic mass is 10.1. The Morgan fingerprint density at radius 2 is 0.931 bits per heavy atom. The topological polar surface area (TPSA) is 27.7 Å². The van der Waals surface area contributed by atoms with Gasteiger partial charge in [0.2, 0.25) is 0 Å². The summed E-state index contributed by atoms with van der Waals surface area (Å²) < 4.78 is 91.3. The van der Waals surface area contributed by atoms with Crippen LogP contribution in [0.5, 0.6) is 0 Å². The summed E-state index contributed by atoms with van der Waals surface area (Å²) in [6.45, 7) is 0.0329. The molecular weight excluding hydrogens is 440 g/mol. The average molecular weight is 458 g/mol. The van der Waals surface area contributed by atoms with Gasteiger partial charge < -0.3 is 14.2 Å². The van der Waals surface area contributed by atoms with E-state index >= 15 is 0 Å². The van der Waals surface area contributed by atoms with Crippen LogP contribution >= 0.6 is 18.5 Å². The Labute approximate surface area is 168 Å². The number of halogens is 6. The molecule has 0 radical (unpaired) electrons. The number of hydrogen-bond acceptors (Lipinski definition) is 3. The van der Waals surface area contributed by atoms with Gasteiger partial charge in [0.15, 0.2) is 12.1 Å². The van der Waals surface area contributed by atoms with Crippen LogP contribution in [-0.2, 0) is 39.8 Å². The summed E-state index contributed by atoms with van der Waals surface area (Å²) in [4.78, 5) is 0. The predicted molar refractivity (Wildman–Crippen MR) is 101 cm³/mol. The van der Waals surface area contributed by atoms with E-state index in [9.17, 15) is 26.3 Å². The van der Waals surface area contributed by atoms with Gasteiger partial charge in [-0.25, -0.2) is 0 Å². The summed E-state index contributed by atoms with van der Waals surface area (Å²) in [5.74, 6) is 0. The maximum absolute atomic E-state index is 12.5. The molecule has 2 aromatic carbocycles. The first-order valence-electron chi connectivity index (χ1n) is 8.17. The van der Waals surface area contributed by atoms with Crippen LogP contribution in [0.25, 0.3) is 0 Å². The summed E-state index contributed by atoms with van der Waals surface area (Å²) in [5, 5.41) is 0. The van der Waals surface area contributed by atoms with E-state index in [1.807, 2.05) is 0 Å². The molecule has 0 saturated heterocycles. The fraction of sp³-hybridized carbons (Fsp3) is 0.333. The SMILES string of the molecule is FC(F)(F)c1ccc(COC(P)OC(P)OCc2ccc(C(F)(F)F)cc2)cc1.